The lowest BCUT2D eigenvalue weighted by Gasteiger charge is -2.16. The largest absolute Gasteiger partial charge is 0.481 e. The fraction of sp³-hybridized carbons (Fsp3) is 0.150. The van der Waals surface area contributed by atoms with Gasteiger partial charge in [-0.1, -0.05) is 48.5 Å². The summed E-state index contributed by atoms with van der Waals surface area (Å²) in [5.74, 6) is -0.774. The number of carbonyl (C=O) groups is 1. The van der Waals surface area contributed by atoms with Crippen LogP contribution in [0.15, 0.2) is 66.7 Å². The van der Waals surface area contributed by atoms with E-state index in [-0.39, 0.29) is 6.42 Å². The Labute approximate surface area is 135 Å². The summed E-state index contributed by atoms with van der Waals surface area (Å²) in [6, 6.07) is 22.4. The number of rotatable bonds is 5. The molecule has 0 aliphatic carbocycles. The third-order valence-corrected chi connectivity index (χ3v) is 3.98. The van der Waals surface area contributed by atoms with E-state index >= 15 is 0 Å². The summed E-state index contributed by atoms with van der Waals surface area (Å²) in [6.07, 6.45) is 0.640. The Morgan fingerprint density at radius 2 is 1.65 bits per heavy atom. The maximum absolute atomic E-state index is 11.0. The Hall–Kier alpha value is -2.81. The molecule has 1 heterocycles. The Kier molecular flexibility index (Phi) is 4.29. The number of aliphatic carboxylic acids is 1. The molecule has 116 valence electrons. The van der Waals surface area contributed by atoms with Gasteiger partial charge in [0.1, 0.15) is 0 Å². The molecule has 3 heteroatoms. The van der Waals surface area contributed by atoms with Gasteiger partial charge in [0.15, 0.2) is 0 Å². The van der Waals surface area contributed by atoms with Crippen molar-refractivity contribution in [1.82, 2.24) is 4.57 Å². The molecule has 3 rings (SSSR count). The molecule has 0 radical (unpaired) electrons. The second kappa shape index (κ2) is 6.53. The van der Waals surface area contributed by atoms with Crippen LogP contribution in [0.2, 0.25) is 0 Å². The quantitative estimate of drug-likeness (QED) is 0.755. The van der Waals surface area contributed by atoms with Crippen molar-refractivity contribution in [3.8, 4) is 16.9 Å². The van der Waals surface area contributed by atoms with E-state index in [2.05, 4.69) is 41.8 Å². The summed E-state index contributed by atoms with van der Waals surface area (Å²) in [7, 11) is 0. The first-order chi connectivity index (χ1) is 11.2. The number of para-hydroxylation sites is 1. The monoisotopic (exact) mass is 305 g/mol. The Bertz CT molecular complexity index is 819. The molecule has 0 fully saturated rings. The van der Waals surface area contributed by atoms with Crippen LogP contribution in [0.1, 0.15) is 17.7 Å². The third-order valence-electron chi connectivity index (χ3n) is 3.98. The number of carboxylic acids is 1. The van der Waals surface area contributed by atoms with Gasteiger partial charge in [-0.15, -0.1) is 0 Å². The van der Waals surface area contributed by atoms with Gasteiger partial charge in [0.25, 0.3) is 0 Å². The van der Waals surface area contributed by atoms with Crippen LogP contribution in [-0.4, -0.2) is 15.6 Å². The van der Waals surface area contributed by atoms with E-state index in [0.29, 0.717) is 6.42 Å². The SMILES string of the molecule is Cc1ccccc1-n1c(CCC(=O)O)ccc1-c1ccccc1. The summed E-state index contributed by atoms with van der Waals surface area (Å²) in [6.45, 7) is 2.07. The number of nitrogens with zero attached hydrogens (tertiary/aromatic N) is 1. The highest BCUT2D eigenvalue weighted by atomic mass is 16.4. The topological polar surface area (TPSA) is 42.2 Å². The van der Waals surface area contributed by atoms with Crippen LogP contribution in [0.3, 0.4) is 0 Å². The average Bonchev–Trinajstić information content (AvgIpc) is 2.98. The normalized spacial score (nSPS) is 10.7. The van der Waals surface area contributed by atoms with Crippen molar-refractivity contribution in [3.05, 3.63) is 78.0 Å². The first-order valence-electron chi connectivity index (χ1n) is 7.70. The number of benzene rings is 2. The van der Waals surface area contributed by atoms with Crippen molar-refractivity contribution < 1.29 is 9.90 Å². The second-order valence-corrected chi connectivity index (χ2v) is 5.59. The van der Waals surface area contributed by atoms with Crippen LogP contribution in [0.4, 0.5) is 0 Å². The summed E-state index contributed by atoms with van der Waals surface area (Å²) < 4.78 is 2.17. The lowest BCUT2D eigenvalue weighted by atomic mass is 10.1. The minimum Gasteiger partial charge on any atom is -0.481 e. The maximum atomic E-state index is 11.0. The molecule has 3 nitrogen and oxygen atoms in total. The van der Waals surface area contributed by atoms with Gasteiger partial charge in [-0.3, -0.25) is 4.79 Å². The van der Waals surface area contributed by atoms with Gasteiger partial charge in [0, 0.05) is 11.4 Å². The van der Waals surface area contributed by atoms with Gasteiger partial charge in [-0.25, -0.2) is 0 Å². The van der Waals surface area contributed by atoms with Crippen LogP contribution in [-0.2, 0) is 11.2 Å². The lowest BCUT2D eigenvalue weighted by Crippen LogP contribution is -2.06. The van der Waals surface area contributed by atoms with Crippen LogP contribution >= 0.6 is 0 Å². The van der Waals surface area contributed by atoms with E-state index in [9.17, 15) is 4.79 Å². The molecule has 1 N–H and O–H groups in total. The molecule has 23 heavy (non-hydrogen) atoms. The molecular formula is C20H19NO2. The highest BCUT2D eigenvalue weighted by Gasteiger charge is 2.14. The Morgan fingerprint density at radius 1 is 0.957 bits per heavy atom. The minimum absolute atomic E-state index is 0.129. The molecule has 3 aromatic rings. The van der Waals surface area contributed by atoms with Gasteiger partial charge < -0.3 is 9.67 Å². The molecule has 0 aliphatic rings. The van der Waals surface area contributed by atoms with Crippen LogP contribution in [0.5, 0.6) is 0 Å². The van der Waals surface area contributed by atoms with Crippen molar-refractivity contribution in [1.29, 1.82) is 0 Å². The van der Waals surface area contributed by atoms with Crippen molar-refractivity contribution in [2.45, 2.75) is 19.8 Å². The van der Waals surface area contributed by atoms with Gasteiger partial charge >= 0.3 is 5.97 Å². The van der Waals surface area contributed by atoms with E-state index < -0.39 is 5.97 Å². The first kappa shape index (κ1) is 15.1. The van der Waals surface area contributed by atoms with Crippen molar-refractivity contribution in [2.75, 3.05) is 0 Å². The van der Waals surface area contributed by atoms with Gasteiger partial charge in [-0.2, -0.15) is 0 Å². The Morgan fingerprint density at radius 3 is 2.35 bits per heavy atom. The molecule has 0 unspecified atom stereocenters. The molecule has 0 saturated carbocycles. The summed E-state index contributed by atoms with van der Waals surface area (Å²) in [5, 5.41) is 9.01. The van der Waals surface area contributed by atoms with Crippen LogP contribution in [0.25, 0.3) is 16.9 Å². The molecular weight excluding hydrogens is 286 g/mol. The maximum Gasteiger partial charge on any atom is 0.303 e. The molecule has 0 bridgehead atoms. The van der Waals surface area contributed by atoms with E-state index in [1.165, 1.54) is 0 Å². The molecule has 0 amide bonds. The molecule has 0 saturated heterocycles. The van der Waals surface area contributed by atoms with E-state index in [0.717, 1.165) is 28.2 Å². The minimum atomic E-state index is -0.774. The number of carboxylic acid groups (broad SMARTS) is 1. The molecule has 0 spiro atoms. The van der Waals surface area contributed by atoms with Crippen LogP contribution < -0.4 is 0 Å². The number of hydrogen-bond acceptors (Lipinski definition) is 1. The fourth-order valence-corrected chi connectivity index (χ4v) is 2.84. The summed E-state index contributed by atoms with van der Waals surface area (Å²) >= 11 is 0. The number of aromatic nitrogens is 1. The highest BCUT2D eigenvalue weighted by Crippen LogP contribution is 2.28. The van der Waals surface area contributed by atoms with Gasteiger partial charge in [0.2, 0.25) is 0 Å². The zero-order chi connectivity index (χ0) is 16.2. The molecule has 1 aromatic heterocycles. The lowest BCUT2D eigenvalue weighted by molar-refractivity contribution is -0.136. The van der Waals surface area contributed by atoms with E-state index in [1.54, 1.807) is 0 Å². The average molecular weight is 305 g/mol. The standard InChI is InChI=1S/C20H19NO2/c1-15-7-5-6-10-18(15)21-17(12-14-20(22)23)11-13-19(21)16-8-3-2-4-9-16/h2-11,13H,12,14H2,1H3,(H,22,23). The van der Waals surface area contributed by atoms with E-state index in [4.69, 9.17) is 5.11 Å². The van der Waals surface area contributed by atoms with Crippen molar-refractivity contribution in [3.63, 3.8) is 0 Å². The van der Waals surface area contributed by atoms with Gasteiger partial charge in [-0.05, 0) is 42.7 Å². The van der Waals surface area contributed by atoms with Crippen LogP contribution in [0, 0.1) is 6.92 Å². The Balaban J connectivity index is 2.14. The van der Waals surface area contributed by atoms with Gasteiger partial charge in [0.05, 0.1) is 12.1 Å². The zero-order valence-electron chi connectivity index (χ0n) is 13.1. The fourth-order valence-electron chi connectivity index (χ4n) is 2.84. The zero-order valence-corrected chi connectivity index (χ0v) is 13.1. The summed E-state index contributed by atoms with van der Waals surface area (Å²) in [4.78, 5) is 11.0. The molecule has 2 aromatic carbocycles. The third kappa shape index (κ3) is 3.19. The molecule has 0 aliphatic heterocycles. The van der Waals surface area contributed by atoms with Crippen molar-refractivity contribution >= 4 is 5.97 Å². The summed E-state index contributed by atoms with van der Waals surface area (Å²) in [5.41, 5.74) is 5.48. The first-order valence-corrected chi connectivity index (χ1v) is 7.70. The molecule has 0 atom stereocenters. The second-order valence-electron chi connectivity index (χ2n) is 5.59. The van der Waals surface area contributed by atoms with Crippen molar-refractivity contribution in [2.24, 2.45) is 0 Å². The number of aryl methyl sites for hydroxylation is 2. The highest BCUT2D eigenvalue weighted by molar-refractivity contribution is 5.68. The predicted molar refractivity (Wildman–Crippen MR) is 91.9 cm³/mol. The number of hydrogen-bond donors (Lipinski definition) is 1. The van der Waals surface area contributed by atoms with E-state index in [1.807, 2.05) is 36.4 Å². The smallest absolute Gasteiger partial charge is 0.303 e. The predicted octanol–water partition coefficient (Wildman–Crippen LogP) is 4.47.